The van der Waals surface area contributed by atoms with Crippen LogP contribution in [0.1, 0.15) is 69.6 Å². The fourth-order valence-corrected chi connectivity index (χ4v) is 14.9. The Morgan fingerprint density at radius 3 is 2.02 bits per heavy atom. The molecule has 0 saturated heterocycles. The van der Waals surface area contributed by atoms with Crippen molar-refractivity contribution in [1.82, 2.24) is 9.88 Å². The summed E-state index contributed by atoms with van der Waals surface area (Å²) < 4.78 is 74.1. The molecule has 22 heteroatoms. The first-order chi connectivity index (χ1) is 38.9. The van der Waals surface area contributed by atoms with Gasteiger partial charge in [-0.1, -0.05) is 143 Å². The van der Waals surface area contributed by atoms with Gasteiger partial charge in [0.25, 0.3) is 31.1 Å². The van der Waals surface area contributed by atoms with E-state index in [2.05, 4.69) is 89.8 Å². The van der Waals surface area contributed by atoms with E-state index in [1.54, 1.807) is 35.2 Å². The number of anilines is 3. The Hall–Kier alpha value is -5.38. The van der Waals surface area contributed by atoms with Gasteiger partial charge in [0.1, 0.15) is 10.5 Å². The summed E-state index contributed by atoms with van der Waals surface area (Å²) in [7, 11) is -8.36. The third-order valence-corrected chi connectivity index (χ3v) is 19.9. The maximum atomic E-state index is 13.8. The predicted octanol–water partition coefficient (Wildman–Crippen LogP) is 13.8. The number of imidazole rings is 1. The zero-order valence-corrected chi connectivity index (χ0v) is 50.9. The van der Waals surface area contributed by atoms with Crippen LogP contribution in [0.2, 0.25) is 20.1 Å². The first kappa shape index (κ1) is 58.8. The minimum atomic E-state index is -4.22. The summed E-state index contributed by atoms with van der Waals surface area (Å²) in [5.41, 5.74) is 7.57. The summed E-state index contributed by atoms with van der Waals surface area (Å²) in [5.74, 6) is 0.636. The maximum absolute atomic E-state index is 13.8. The molecular weight excluding hydrogens is 1190 g/mol. The molecule has 0 atom stereocenters. The van der Waals surface area contributed by atoms with Crippen molar-refractivity contribution in [3.63, 3.8) is 0 Å². The minimum absolute atomic E-state index is 0.0997. The molecule has 0 radical (unpaired) electrons. The number of halogens is 4. The van der Waals surface area contributed by atoms with Gasteiger partial charge in [0.05, 0.1) is 84.3 Å². The molecule has 0 saturated carbocycles. The molecule has 81 heavy (non-hydrogen) atoms. The highest BCUT2D eigenvalue weighted by Crippen LogP contribution is 2.49. The number of nitrogens with zero attached hydrogens (tertiary/aromatic N) is 6. The van der Waals surface area contributed by atoms with E-state index < -0.39 is 26.0 Å². The highest BCUT2D eigenvalue weighted by Gasteiger charge is 2.35. The molecule has 0 spiro atoms. The van der Waals surface area contributed by atoms with E-state index in [4.69, 9.17) is 46.4 Å². The largest absolute Gasteiger partial charge is 0.356 e. The Morgan fingerprint density at radius 2 is 1.31 bits per heavy atom. The third-order valence-electron chi connectivity index (χ3n) is 14.7. The second kappa shape index (κ2) is 25.2. The van der Waals surface area contributed by atoms with E-state index in [9.17, 15) is 30.7 Å². The second-order valence-corrected chi connectivity index (χ2v) is 26.9. The lowest BCUT2D eigenvalue weighted by atomic mass is 10.0. The number of aromatic nitrogens is 3. The lowest BCUT2D eigenvalue weighted by Gasteiger charge is -2.24. The lowest BCUT2D eigenvalue weighted by molar-refractivity contribution is -0.673. The Labute approximate surface area is 500 Å². The van der Waals surface area contributed by atoms with Crippen LogP contribution in [0.25, 0.3) is 55.3 Å². The number of unbranched alkanes of at least 4 members (excludes halogenated alkanes) is 3. The molecular formula is C59H61Cl4N7O7S4+2. The SMILES string of the molecule is CCN1C(=Cc2n(CC)c3cc(Cl)c(Cl)cc3[n+]2CCCS(=O)(=O)O)N(CCC(=O)NCCCCCCN2C(=Cc3sc4ccc5ccccc5c4[n+]3CCCS(=O)(=O)O)Sc3ccc(-c4ccccc4)cc32)c2cc(Cl)c(Cl)cc21. The molecule has 6 aromatic carbocycles. The van der Waals surface area contributed by atoms with Crippen LogP contribution in [0.5, 0.6) is 0 Å². The van der Waals surface area contributed by atoms with Crippen LogP contribution in [0.3, 0.4) is 0 Å². The molecule has 14 nitrogen and oxygen atoms in total. The van der Waals surface area contributed by atoms with E-state index in [0.717, 1.165) is 119 Å². The van der Waals surface area contributed by atoms with Crippen LogP contribution in [0.4, 0.5) is 17.1 Å². The zero-order valence-electron chi connectivity index (χ0n) is 44.6. The lowest BCUT2D eigenvalue weighted by Crippen LogP contribution is -2.39. The van der Waals surface area contributed by atoms with Gasteiger partial charge in [-0.3, -0.25) is 13.9 Å². The van der Waals surface area contributed by atoms with Crippen molar-refractivity contribution >= 4 is 157 Å². The molecule has 3 N–H and O–H groups in total. The first-order valence-electron chi connectivity index (χ1n) is 26.9. The number of hydrogen-bond donors (Lipinski definition) is 3. The maximum Gasteiger partial charge on any atom is 0.286 e. The van der Waals surface area contributed by atoms with E-state index >= 15 is 0 Å². The molecule has 4 heterocycles. The molecule has 10 rings (SSSR count). The van der Waals surface area contributed by atoms with Gasteiger partial charge >= 0.3 is 0 Å². The van der Waals surface area contributed by atoms with E-state index in [1.807, 2.05) is 67.0 Å². The number of carbonyl (C=O) groups excluding carboxylic acids is 1. The fourth-order valence-electron chi connectivity index (χ4n) is 10.9. The van der Waals surface area contributed by atoms with Crippen LogP contribution in [0, 0.1) is 0 Å². The minimum Gasteiger partial charge on any atom is -0.356 e. The number of thioether (sulfide) groups is 1. The zero-order chi connectivity index (χ0) is 57.2. The Bertz CT molecular complexity index is 4010. The van der Waals surface area contributed by atoms with Crippen molar-refractivity contribution < 1.29 is 39.9 Å². The summed E-state index contributed by atoms with van der Waals surface area (Å²) in [5, 5.41) is 8.88. The van der Waals surface area contributed by atoms with Gasteiger partial charge in [-0.05, 0) is 79.6 Å². The monoisotopic (exact) mass is 1250 g/mol. The Kier molecular flexibility index (Phi) is 18.3. The third kappa shape index (κ3) is 13.2. The predicted molar refractivity (Wildman–Crippen MR) is 333 cm³/mol. The second-order valence-electron chi connectivity index (χ2n) is 20.0. The van der Waals surface area contributed by atoms with Gasteiger partial charge in [0, 0.05) is 62.5 Å². The number of benzene rings is 6. The highest BCUT2D eigenvalue weighted by atomic mass is 35.5. The summed E-state index contributed by atoms with van der Waals surface area (Å²) in [4.78, 5) is 21.5. The normalized spacial score (nSPS) is 14.6. The van der Waals surface area contributed by atoms with Gasteiger partial charge < -0.3 is 20.0 Å². The number of thiazole rings is 1. The summed E-state index contributed by atoms with van der Waals surface area (Å²) in [6.45, 7) is 7.35. The van der Waals surface area contributed by atoms with Crippen molar-refractivity contribution in [2.75, 3.05) is 52.4 Å². The Morgan fingerprint density at radius 1 is 0.642 bits per heavy atom. The molecule has 0 aliphatic carbocycles. The number of carbonyl (C=O) groups is 1. The molecule has 2 aromatic heterocycles. The first-order valence-corrected chi connectivity index (χ1v) is 33.3. The number of hydrogen-bond acceptors (Lipinski definition) is 10. The van der Waals surface area contributed by atoms with Crippen molar-refractivity contribution in [3.8, 4) is 11.1 Å². The van der Waals surface area contributed by atoms with Crippen LogP contribution in [-0.4, -0.2) is 74.1 Å². The molecule has 2 aliphatic rings. The molecule has 1 amide bonds. The average Bonchev–Trinajstić information content (AvgIpc) is 3.43. The number of aryl methyl sites for hydroxylation is 3. The van der Waals surface area contributed by atoms with Crippen LogP contribution in [0.15, 0.2) is 125 Å². The van der Waals surface area contributed by atoms with Crippen molar-refractivity contribution in [2.45, 2.75) is 83.3 Å². The van der Waals surface area contributed by atoms with Crippen LogP contribution >= 0.6 is 69.5 Å². The molecule has 0 unspecified atom stereocenters. The number of nitrogens with one attached hydrogen (secondary N) is 1. The van der Waals surface area contributed by atoms with Gasteiger partial charge in [0.15, 0.2) is 17.6 Å². The number of fused-ring (bicyclic) bond motifs is 6. The molecule has 0 fully saturated rings. The van der Waals surface area contributed by atoms with E-state index in [0.29, 0.717) is 52.8 Å². The highest BCUT2D eigenvalue weighted by molar-refractivity contribution is 8.04. The van der Waals surface area contributed by atoms with Gasteiger partial charge in [-0.15, -0.1) is 0 Å². The summed E-state index contributed by atoms with van der Waals surface area (Å²) >= 11 is 29.8. The van der Waals surface area contributed by atoms with Crippen molar-refractivity contribution in [1.29, 1.82) is 0 Å². The van der Waals surface area contributed by atoms with Gasteiger partial charge in [0.2, 0.25) is 11.4 Å². The van der Waals surface area contributed by atoms with Crippen molar-refractivity contribution in [3.05, 3.63) is 151 Å². The van der Waals surface area contributed by atoms with E-state index in [1.165, 1.54) is 0 Å². The molecule has 424 valence electrons. The average molecular weight is 1250 g/mol. The fraction of sp³-hybridized carbons (Fsp3) is 0.305. The van der Waals surface area contributed by atoms with Gasteiger partial charge in [-0.25, -0.2) is 9.13 Å². The van der Waals surface area contributed by atoms with Gasteiger partial charge in [-0.2, -0.15) is 21.4 Å². The molecule has 8 aromatic rings. The topological polar surface area (TPSA) is 160 Å². The summed E-state index contributed by atoms with van der Waals surface area (Å²) in [6, 6.07) is 36.6. The smallest absolute Gasteiger partial charge is 0.286 e. The van der Waals surface area contributed by atoms with Crippen LogP contribution in [-0.2, 0) is 44.7 Å². The van der Waals surface area contributed by atoms with Crippen LogP contribution < -0.4 is 29.2 Å². The standard InChI is InChI=1S/C59H59Cl4N7O7S4/c1-3-65-47-33-43(60)45(62)35-49(47)67(27-14-30-80(72,73)74)55(65)37-56-66(4-2)48-34-44(61)46(63)36-50(48)68(56)29-24-54(71)64-25-12-5-6-13-26-69-51-32-41(39-16-8-7-9-17-39)21-22-52(51)78-57(69)38-58-70(28-15-31-81(75,76)77)59-42-19-11-10-18-40(42)20-23-53(59)79-58/h7-11,16-23,32-38H,3-6,12-15,24-31H2,1-2H3,(H-2,64,71,72,73,74,75,76,77)/p+2. The summed E-state index contributed by atoms with van der Waals surface area (Å²) in [6.07, 6.45) is 8.33. The number of amides is 1. The number of rotatable bonds is 23. The van der Waals surface area contributed by atoms with E-state index in [-0.39, 0.29) is 37.5 Å². The quantitative estimate of drug-likeness (QED) is 0.0318. The van der Waals surface area contributed by atoms with Crippen molar-refractivity contribution in [2.24, 2.45) is 0 Å². The molecule has 2 aliphatic heterocycles. The molecule has 0 bridgehead atoms. The Balaban J connectivity index is 0.838.